The third kappa shape index (κ3) is 4.25. The normalized spacial score (nSPS) is 13.7. The largest absolute Gasteiger partial charge is 0.477 e. The van der Waals surface area contributed by atoms with E-state index in [1.807, 2.05) is 0 Å². The number of carbonyl (C=O) groups excluding carboxylic acids is 1. The van der Waals surface area contributed by atoms with Crippen LogP contribution >= 0.6 is 11.6 Å². The molecule has 0 radical (unpaired) electrons. The Balaban J connectivity index is 2.02. The lowest BCUT2D eigenvalue weighted by atomic mass is 10.2. The summed E-state index contributed by atoms with van der Waals surface area (Å²) in [6.45, 7) is 0.370. The fraction of sp³-hybridized carbons (Fsp3) is 0.250. The van der Waals surface area contributed by atoms with Crippen molar-refractivity contribution in [1.29, 1.82) is 0 Å². The second-order valence-corrected chi connectivity index (χ2v) is 4.36. The lowest BCUT2D eigenvalue weighted by molar-refractivity contribution is 0.0742. The summed E-state index contributed by atoms with van der Waals surface area (Å²) in [7, 11) is 1.41. The second kappa shape index (κ2) is 7.34. The number of halogens is 1. The maximum absolute atomic E-state index is 12.0. The highest BCUT2D eigenvalue weighted by Gasteiger charge is 2.15. The van der Waals surface area contributed by atoms with Crippen LogP contribution in [0.1, 0.15) is 5.56 Å². The van der Waals surface area contributed by atoms with Crippen LogP contribution in [0.4, 0.5) is 10.5 Å². The second-order valence-electron chi connectivity index (χ2n) is 3.96. The van der Waals surface area contributed by atoms with Gasteiger partial charge in [-0.15, -0.1) is 5.11 Å². The molecule has 2 N–H and O–H groups in total. The third-order valence-electron chi connectivity index (χ3n) is 2.52. The van der Waals surface area contributed by atoms with E-state index in [1.165, 1.54) is 24.6 Å². The van der Waals surface area contributed by atoms with Gasteiger partial charge in [0.1, 0.15) is 13.4 Å². The number of anilines is 1. The van der Waals surface area contributed by atoms with Crippen LogP contribution in [-0.4, -0.2) is 24.9 Å². The number of rotatable bonds is 4. The van der Waals surface area contributed by atoms with Crippen molar-refractivity contribution in [3.8, 4) is 0 Å². The highest BCUT2D eigenvalue weighted by Crippen LogP contribution is 2.21. The Bertz CT molecular complexity index is 564. The number of amides is 2. The number of hydrogen-bond acceptors (Lipinski definition) is 6. The van der Waals surface area contributed by atoms with E-state index >= 15 is 0 Å². The molecule has 1 aromatic carbocycles. The molecule has 0 aliphatic carbocycles. The van der Waals surface area contributed by atoms with Gasteiger partial charge in [-0.2, -0.15) is 0 Å². The van der Waals surface area contributed by atoms with E-state index in [0.717, 1.165) is 5.56 Å². The molecule has 0 spiro atoms. The molecule has 0 unspecified atom stereocenters. The molecular weight excluding hydrogens is 298 g/mol. The Morgan fingerprint density at radius 1 is 1.62 bits per heavy atom. The van der Waals surface area contributed by atoms with E-state index in [0.29, 0.717) is 10.7 Å². The first kappa shape index (κ1) is 14.9. The monoisotopic (exact) mass is 311 g/mol. The number of hydrogen-bond donors (Lipinski definition) is 2. The first-order valence-corrected chi connectivity index (χ1v) is 6.38. The van der Waals surface area contributed by atoms with Crippen molar-refractivity contribution >= 4 is 23.3 Å². The van der Waals surface area contributed by atoms with Gasteiger partial charge < -0.3 is 14.9 Å². The molecule has 9 heteroatoms. The summed E-state index contributed by atoms with van der Waals surface area (Å²) in [5.74, 6) is 0. The lowest BCUT2D eigenvalue weighted by Crippen LogP contribution is -2.45. The summed E-state index contributed by atoms with van der Waals surface area (Å²) in [6, 6.07) is 4.73. The highest BCUT2D eigenvalue weighted by atomic mass is 35.5. The van der Waals surface area contributed by atoms with Gasteiger partial charge >= 0.3 is 6.03 Å². The maximum atomic E-state index is 12.0. The molecule has 8 nitrogen and oxygen atoms in total. The van der Waals surface area contributed by atoms with E-state index in [-0.39, 0.29) is 19.3 Å². The van der Waals surface area contributed by atoms with Crippen LogP contribution in [0.15, 0.2) is 41.1 Å². The third-order valence-corrected chi connectivity index (χ3v) is 2.89. The maximum Gasteiger partial charge on any atom is 0.343 e. The molecule has 21 heavy (non-hydrogen) atoms. The van der Waals surface area contributed by atoms with Gasteiger partial charge in [0.15, 0.2) is 6.73 Å². The van der Waals surface area contributed by atoms with Crippen molar-refractivity contribution in [2.24, 2.45) is 10.4 Å². The summed E-state index contributed by atoms with van der Waals surface area (Å²) in [6.07, 6.45) is 2.98. The Kier molecular flexibility index (Phi) is 5.22. The van der Waals surface area contributed by atoms with Crippen molar-refractivity contribution in [2.75, 3.05) is 19.2 Å². The molecule has 0 saturated carbocycles. The minimum atomic E-state index is -0.355. The summed E-state index contributed by atoms with van der Waals surface area (Å²) >= 11 is 6.05. The van der Waals surface area contributed by atoms with Gasteiger partial charge in [0.05, 0.1) is 12.7 Å². The molecule has 2 rings (SSSR count). The first-order valence-electron chi connectivity index (χ1n) is 6.00. The average Bonchev–Trinajstić information content (AvgIpc) is 2.51. The van der Waals surface area contributed by atoms with Crippen LogP contribution in [-0.2, 0) is 16.1 Å². The van der Waals surface area contributed by atoms with Gasteiger partial charge in [-0.05, 0) is 23.8 Å². The van der Waals surface area contributed by atoms with Crippen molar-refractivity contribution in [2.45, 2.75) is 6.54 Å². The van der Waals surface area contributed by atoms with Gasteiger partial charge in [0, 0.05) is 16.0 Å². The van der Waals surface area contributed by atoms with Crippen LogP contribution in [0.5, 0.6) is 0 Å². The first-order chi connectivity index (χ1) is 10.2. The molecule has 0 saturated heterocycles. The van der Waals surface area contributed by atoms with Gasteiger partial charge in [0.2, 0.25) is 0 Å². The zero-order chi connectivity index (χ0) is 15.1. The SMILES string of the molecule is CON=NCc1cc(NC(=O)N2COC=CN2)ccc1Cl. The fourth-order valence-electron chi connectivity index (χ4n) is 1.57. The molecule has 1 aliphatic rings. The lowest BCUT2D eigenvalue weighted by Gasteiger charge is -2.24. The number of nitrogens with zero attached hydrogens (tertiary/aromatic N) is 3. The van der Waals surface area contributed by atoms with Gasteiger partial charge in [0.25, 0.3) is 0 Å². The molecule has 0 fully saturated rings. The van der Waals surface area contributed by atoms with E-state index in [9.17, 15) is 4.79 Å². The molecule has 1 aliphatic heterocycles. The van der Waals surface area contributed by atoms with E-state index in [1.54, 1.807) is 18.2 Å². The average molecular weight is 312 g/mol. The molecule has 0 atom stereocenters. The van der Waals surface area contributed by atoms with Crippen LogP contribution in [0.2, 0.25) is 5.02 Å². The summed E-state index contributed by atoms with van der Waals surface area (Å²) in [4.78, 5) is 16.5. The van der Waals surface area contributed by atoms with Crippen molar-refractivity contribution in [3.63, 3.8) is 0 Å². The molecule has 1 aromatic rings. The van der Waals surface area contributed by atoms with Crippen LogP contribution in [0, 0.1) is 0 Å². The van der Waals surface area contributed by atoms with Crippen LogP contribution < -0.4 is 10.7 Å². The van der Waals surface area contributed by atoms with Crippen molar-refractivity contribution < 1.29 is 14.4 Å². The summed E-state index contributed by atoms with van der Waals surface area (Å²) in [5, 5.41) is 11.7. The van der Waals surface area contributed by atoms with E-state index < -0.39 is 0 Å². The smallest absolute Gasteiger partial charge is 0.343 e. The Morgan fingerprint density at radius 3 is 3.19 bits per heavy atom. The predicted molar refractivity (Wildman–Crippen MR) is 76.1 cm³/mol. The van der Waals surface area contributed by atoms with Crippen molar-refractivity contribution in [1.82, 2.24) is 10.4 Å². The van der Waals surface area contributed by atoms with Gasteiger partial charge in [-0.25, -0.2) is 9.80 Å². The number of hydrazine groups is 1. The van der Waals surface area contributed by atoms with Gasteiger partial charge in [-0.3, -0.25) is 5.43 Å². The van der Waals surface area contributed by atoms with Crippen molar-refractivity contribution in [3.05, 3.63) is 41.2 Å². The summed E-state index contributed by atoms with van der Waals surface area (Å²) in [5.41, 5.74) is 4.05. The summed E-state index contributed by atoms with van der Waals surface area (Å²) < 4.78 is 5.01. The molecule has 2 amide bonds. The number of ether oxygens (including phenoxy) is 1. The molecule has 1 heterocycles. The van der Waals surface area contributed by atoms with Crippen LogP contribution in [0.3, 0.4) is 0 Å². The molecule has 0 bridgehead atoms. The van der Waals surface area contributed by atoms with E-state index in [2.05, 4.69) is 26.0 Å². The zero-order valence-corrected chi connectivity index (χ0v) is 12.0. The van der Waals surface area contributed by atoms with Gasteiger partial charge in [-0.1, -0.05) is 11.6 Å². The molecular formula is C12H14ClN5O3. The minimum Gasteiger partial charge on any atom is -0.477 e. The predicted octanol–water partition coefficient (Wildman–Crippen LogP) is 2.65. The quantitative estimate of drug-likeness (QED) is 0.661. The number of urea groups is 1. The number of nitrogens with one attached hydrogen (secondary N) is 2. The Labute approximate surface area is 126 Å². The fourth-order valence-corrected chi connectivity index (χ4v) is 1.75. The molecule has 0 aromatic heterocycles. The minimum absolute atomic E-state index is 0.116. The Hall–Kier alpha value is -2.48. The topological polar surface area (TPSA) is 87.6 Å². The van der Waals surface area contributed by atoms with E-state index in [4.69, 9.17) is 16.3 Å². The number of carbonyl (C=O) groups is 1. The van der Waals surface area contributed by atoms with Crippen LogP contribution in [0.25, 0.3) is 0 Å². The highest BCUT2D eigenvalue weighted by molar-refractivity contribution is 6.31. The Morgan fingerprint density at radius 2 is 2.48 bits per heavy atom. The molecule has 112 valence electrons. The number of benzene rings is 1. The zero-order valence-electron chi connectivity index (χ0n) is 11.2. The standard InChI is InChI=1S/C12H14ClN5O3/c1-20-17-14-7-9-6-10(2-3-11(9)13)16-12(19)18-8-21-5-4-15-18/h2-6,15H,7-8H2,1H3,(H,16,19).